The second-order valence-corrected chi connectivity index (χ2v) is 6.66. The van der Waals surface area contributed by atoms with Crippen molar-refractivity contribution in [1.29, 1.82) is 0 Å². The van der Waals surface area contributed by atoms with E-state index in [1.807, 2.05) is 30.3 Å². The highest BCUT2D eigenvalue weighted by Crippen LogP contribution is 2.36. The van der Waals surface area contributed by atoms with Crippen molar-refractivity contribution in [1.82, 2.24) is 5.32 Å². The number of non-ortho nitro benzene ring substituents is 1. The number of hydrogen-bond acceptors (Lipinski definition) is 4. The van der Waals surface area contributed by atoms with E-state index in [-0.39, 0.29) is 23.3 Å². The number of rotatable bonds is 5. The quantitative estimate of drug-likeness (QED) is 0.521. The highest BCUT2D eigenvalue weighted by atomic mass is 16.6. The van der Waals surface area contributed by atoms with Gasteiger partial charge in [0.15, 0.2) is 0 Å². The lowest BCUT2D eigenvalue weighted by Crippen LogP contribution is -2.32. The van der Waals surface area contributed by atoms with Crippen LogP contribution in [-0.4, -0.2) is 15.9 Å². The lowest BCUT2D eigenvalue weighted by Gasteiger charge is -2.23. The summed E-state index contributed by atoms with van der Waals surface area (Å²) < 4.78 is 0. The van der Waals surface area contributed by atoms with Crippen LogP contribution in [0.2, 0.25) is 0 Å². The van der Waals surface area contributed by atoms with Crippen LogP contribution in [0.3, 0.4) is 0 Å². The van der Waals surface area contributed by atoms with Gasteiger partial charge in [0, 0.05) is 23.6 Å². The number of carbonyl (C=O) groups is 1. The molecule has 0 spiro atoms. The second-order valence-electron chi connectivity index (χ2n) is 6.66. The Balaban J connectivity index is 2.17. The summed E-state index contributed by atoms with van der Waals surface area (Å²) in [5.74, 6) is -0.366. The molecular formula is C21H20N2O4. The predicted octanol–water partition coefficient (Wildman–Crippen LogP) is 4.32. The number of amides is 1. The highest BCUT2D eigenvalue weighted by Gasteiger charge is 2.24. The zero-order valence-electron chi connectivity index (χ0n) is 15.0. The number of hydrogen-bond donors (Lipinski definition) is 2. The van der Waals surface area contributed by atoms with E-state index in [1.165, 1.54) is 12.1 Å². The van der Waals surface area contributed by atoms with Crippen LogP contribution in [0, 0.1) is 16.0 Å². The lowest BCUT2D eigenvalue weighted by molar-refractivity contribution is -0.384. The number of nitrogens with one attached hydrogen (secondary N) is 1. The van der Waals surface area contributed by atoms with Crippen LogP contribution < -0.4 is 5.32 Å². The summed E-state index contributed by atoms with van der Waals surface area (Å²) >= 11 is 0. The van der Waals surface area contributed by atoms with Gasteiger partial charge in [-0.15, -0.1) is 0 Å². The van der Waals surface area contributed by atoms with Gasteiger partial charge in [-0.05, 0) is 34.5 Å². The minimum absolute atomic E-state index is 0.0326. The number of nitro benzene ring substituents is 1. The summed E-state index contributed by atoms with van der Waals surface area (Å²) in [5, 5.41) is 26.2. The molecule has 0 radical (unpaired) electrons. The zero-order chi connectivity index (χ0) is 19.6. The van der Waals surface area contributed by atoms with Crippen LogP contribution in [-0.2, 0) is 4.79 Å². The molecule has 2 N–H and O–H groups in total. The maximum absolute atomic E-state index is 12.4. The Kier molecular flexibility index (Phi) is 5.07. The maximum atomic E-state index is 12.4. The molecule has 0 aliphatic rings. The van der Waals surface area contributed by atoms with Crippen molar-refractivity contribution < 1.29 is 14.8 Å². The number of carbonyl (C=O) groups excluding carboxylic acids is 1. The fourth-order valence-corrected chi connectivity index (χ4v) is 3.01. The van der Waals surface area contributed by atoms with Crippen molar-refractivity contribution in [2.75, 3.05) is 0 Å². The first-order chi connectivity index (χ1) is 12.9. The molecule has 0 saturated carbocycles. The van der Waals surface area contributed by atoms with Crippen molar-refractivity contribution in [3.05, 3.63) is 81.9 Å². The molecular weight excluding hydrogens is 344 g/mol. The number of aromatic hydroxyl groups is 1. The molecule has 0 bridgehead atoms. The van der Waals surface area contributed by atoms with Crippen LogP contribution in [0.4, 0.5) is 5.69 Å². The van der Waals surface area contributed by atoms with Gasteiger partial charge in [0.05, 0.1) is 11.0 Å². The number of nitro groups is 1. The van der Waals surface area contributed by atoms with Crippen molar-refractivity contribution in [3.63, 3.8) is 0 Å². The Labute approximate surface area is 156 Å². The topological polar surface area (TPSA) is 92.5 Å². The molecule has 0 unspecified atom stereocenters. The number of phenols is 1. The first-order valence-corrected chi connectivity index (χ1v) is 8.64. The van der Waals surface area contributed by atoms with E-state index in [1.54, 1.807) is 32.0 Å². The molecule has 0 heterocycles. The van der Waals surface area contributed by atoms with Gasteiger partial charge in [0.25, 0.3) is 5.69 Å². The molecule has 27 heavy (non-hydrogen) atoms. The van der Waals surface area contributed by atoms with Gasteiger partial charge in [-0.2, -0.15) is 0 Å². The Morgan fingerprint density at radius 2 is 1.70 bits per heavy atom. The van der Waals surface area contributed by atoms with E-state index in [0.717, 1.165) is 10.8 Å². The first kappa shape index (κ1) is 18.4. The summed E-state index contributed by atoms with van der Waals surface area (Å²) in [4.78, 5) is 22.9. The van der Waals surface area contributed by atoms with Gasteiger partial charge in [0.1, 0.15) is 5.75 Å². The Morgan fingerprint density at radius 3 is 2.33 bits per heavy atom. The van der Waals surface area contributed by atoms with E-state index in [0.29, 0.717) is 11.1 Å². The van der Waals surface area contributed by atoms with Crippen molar-refractivity contribution in [2.24, 2.45) is 5.92 Å². The standard InChI is InChI=1S/C21H20N2O4/c1-13(2)21(25)22-20(15-7-10-16(11-8-15)23(26)27)19-17-6-4-3-5-14(17)9-12-18(19)24/h3-13,20,24H,1-2H3,(H,22,25)/t20-/m1/s1. The van der Waals surface area contributed by atoms with Gasteiger partial charge < -0.3 is 10.4 Å². The van der Waals surface area contributed by atoms with Crippen LogP contribution >= 0.6 is 0 Å². The van der Waals surface area contributed by atoms with Crippen LogP contribution in [0.5, 0.6) is 5.75 Å². The van der Waals surface area contributed by atoms with Gasteiger partial charge in [-0.1, -0.05) is 44.2 Å². The summed E-state index contributed by atoms with van der Waals surface area (Å²) in [7, 11) is 0. The fourth-order valence-electron chi connectivity index (χ4n) is 3.01. The average Bonchev–Trinajstić information content (AvgIpc) is 2.66. The molecule has 0 aliphatic carbocycles. The van der Waals surface area contributed by atoms with Crippen LogP contribution in [0.25, 0.3) is 10.8 Å². The van der Waals surface area contributed by atoms with Gasteiger partial charge >= 0.3 is 0 Å². The third-order valence-electron chi connectivity index (χ3n) is 4.48. The van der Waals surface area contributed by atoms with Crippen molar-refractivity contribution in [2.45, 2.75) is 19.9 Å². The fraction of sp³-hybridized carbons (Fsp3) is 0.190. The third-order valence-corrected chi connectivity index (χ3v) is 4.48. The molecule has 3 aromatic rings. The van der Waals surface area contributed by atoms with Gasteiger partial charge in [0.2, 0.25) is 5.91 Å². The van der Waals surface area contributed by atoms with Crippen molar-refractivity contribution in [3.8, 4) is 5.75 Å². The molecule has 1 atom stereocenters. The first-order valence-electron chi connectivity index (χ1n) is 8.64. The van der Waals surface area contributed by atoms with E-state index in [2.05, 4.69) is 5.32 Å². The molecule has 6 nitrogen and oxygen atoms in total. The Morgan fingerprint density at radius 1 is 1.04 bits per heavy atom. The normalized spacial score (nSPS) is 12.1. The Hall–Kier alpha value is -3.41. The van der Waals surface area contributed by atoms with E-state index < -0.39 is 11.0 Å². The minimum Gasteiger partial charge on any atom is -0.508 e. The molecule has 138 valence electrons. The van der Waals surface area contributed by atoms with E-state index in [4.69, 9.17) is 0 Å². The zero-order valence-corrected chi connectivity index (χ0v) is 15.0. The molecule has 6 heteroatoms. The Bertz CT molecular complexity index is 997. The van der Waals surface area contributed by atoms with E-state index >= 15 is 0 Å². The number of fused-ring (bicyclic) bond motifs is 1. The van der Waals surface area contributed by atoms with Crippen LogP contribution in [0.1, 0.15) is 31.0 Å². The van der Waals surface area contributed by atoms with Gasteiger partial charge in [-0.3, -0.25) is 14.9 Å². The number of benzene rings is 3. The van der Waals surface area contributed by atoms with E-state index in [9.17, 15) is 20.0 Å². The maximum Gasteiger partial charge on any atom is 0.269 e. The second kappa shape index (κ2) is 7.45. The van der Waals surface area contributed by atoms with Crippen molar-refractivity contribution >= 4 is 22.4 Å². The molecule has 0 saturated heterocycles. The minimum atomic E-state index is -0.633. The van der Waals surface area contributed by atoms with Crippen LogP contribution in [0.15, 0.2) is 60.7 Å². The monoisotopic (exact) mass is 364 g/mol. The predicted molar refractivity (Wildman–Crippen MR) is 104 cm³/mol. The third kappa shape index (κ3) is 3.74. The summed E-state index contributed by atoms with van der Waals surface area (Å²) in [6.45, 7) is 3.57. The lowest BCUT2D eigenvalue weighted by atomic mass is 9.92. The molecule has 1 amide bonds. The smallest absolute Gasteiger partial charge is 0.269 e. The largest absolute Gasteiger partial charge is 0.508 e. The molecule has 3 rings (SSSR count). The van der Waals surface area contributed by atoms with Gasteiger partial charge in [-0.25, -0.2) is 0 Å². The highest BCUT2D eigenvalue weighted by molar-refractivity contribution is 5.89. The average molecular weight is 364 g/mol. The molecule has 0 aromatic heterocycles. The summed E-state index contributed by atoms with van der Waals surface area (Å²) in [6.07, 6.45) is 0. The molecule has 0 fully saturated rings. The summed E-state index contributed by atoms with van der Waals surface area (Å²) in [6, 6.07) is 16.3. The summed E-state index contributed by atoms with van der Waals surface area (Å²) in [5.41, 5.74) is 1.19. The number of phenolic OH excluding ortho intramolecular Hbond substituents is 1. The SMILES string of the molecule is CC(C)C(=O)N[C@H](c1ccc([N+](=O)[O-])cc1)c1c(O)ccc2ccccc12. The molecule has 0 aliphatic heterocycles. The molecule has 3 aromatic carbocycles. The number of nitrogens with zero attached hydrogens (tertiary/aromatic N) is 1.